The molecule has 0 aliphatic carbocycles. The van der Waals surface area contributed by atoms with Gasteiger partial charge in [-0.1, -0.05) is 30.3 Å². The van der Waals surface area contributed by atoms with E-state index in [0.717, 1.165) is 17.1 Å². The lowest BCUT2D eigenvalue weighted by molar-refractivity contribution is 0.626. The van der Waals surface area contributed by atoms with Crippen molar-refractivity contribution in [2.24, 2.45) is 0 Å². The number of aromatic nitrogens is 3. The van der Waals surface area contributed by atoms with Crippen LogP contribution < -0.4 is 10.6 Å². The summed E-state index contributed by atoms with van der Waals surface area (Å²) in [4.78, 5) is 13.3. The van der Waals surface area contributed by atoms with Crippen LogP contribution in [0.5, 0.6) is 0 Å². The van der Waals surface area contributed by atoms with E-state index in [4.69, 9.17) is 0 Å². The van der Waals surface area contributed by atoms with Crippen molar-refractivity contribution in [3.8, 4) is 11.3 Å². The molecule has 3 rings (SSSR count). The van der Waals surface area contributed by atoms with E-state index in [1.165, 1.54) is 5.56 Å². The second-order valence-electron chi connectivity index (χ2n) is 6.91. The van der Waals surface area contributed by atoms with Gasteiger partial charge in [0.05, 0.1) is 5.69 Å². The van der Waals surface area contributed by atoms with Crippen LogP contribution in [-0.2, 0) is 6.54 Å². The Morgan fingerprint density at radius 3 is 2.32 bits per heavy atom. The molecular weight excluding hydrogens is 310 g/mol. The van der Waals surface area contributed by atoms with Crippen molar-refractivity contribution in [3.05, 3.63) is 66.5 Å². The van der Waals surface area contributed by atoms with Gasteiger partial charge in [-0.15, -0.1) is 0 Å². The first-order valence-electron chi connectivity index (χ1n) is 8.35. The number of nitrogens with one attached hydrogen (secondary N) is 2. The van der Waals surface area contributed by atoms with Gasteiger partial charge in [0.1, 0.15) is 5.82 Å². The fourth-order valence-corrected chi connectivity index (χ4v) is 2.39. The van der Waals surface area contributed by atoms with Gasteiger partial charge in [-0.05, 0) is 38.5 Å². The monoisotopic (exact) mass is 333 g/mol. The largest absolute Gasteiger partial charge is 0.366 e. The molecule has 0 bridgehead atoms. The Bertz CT molecular complexity index is 810. The lowest BCUT2D eigenvalue weighted by Gasteiger charge is -2.21. The third kappa shape index (κ3) is 5.01. The molecule has 5 heteroatoms. The average Bonchev–Trinajstić information content (AvgIpc) is 2.60. The van der Waals surface area contributed by atoms with Crippen molar-refractivity contribution >= 4 is 11.8 Å². The third-order valence-corrected chi connectivity index (χ3v) is 3.51. The van der Waals surface area contributed by atoms with Crippen molar-refractivity contribution in [3.63, 3.8) is 0 Å². The van der Waals surface area contributed by atoms with Crippen molar-refractivity contribution in [2.75, 3.05) is 10.6 Å². The molecule has 0 aliphatic heterocycles. The zero-order valence-electron chi connectivity index (χ0n) is 14.8. The van der Waals surface area contributed by atoms with Crippen LogP contribution in [0.3, 0.4) is 0 Å². The summed E-state index contributed by atoms with van der Waals surface area (Å²) < 4.78 is 0. The zero-order valence-corrected chi connectivity index (χ0v) is 14.8. The molecule has 1 aromatic carbocycles. The van der Waals surface area contributed by atoms with Crippen molar-refractivity contribution < 1.29 is 0 Å². The summed E-state index contributed by atoms with van der Waals surface area (Å²) in [6, 6.07) is 16.1. The first kappa shape index (κ1) is 16.9. The summed E-state index contributed by atoms with van der Waals surface area (Å²) in [5.74, 6) is 1.40. The highest BCUT2D eigenvalue weighted by atomic mass is 15.2. The molecule has 0 atom stereocenters. The van der Waals surface area contributed by atoms with Crippen molar-refractivity contribution in [1.82, 2.24) is 15.0 Å². The van der Waals surface area contributed by atoms with E-state index in [-0.39, 0.29) is 5.54 Å². The summed E-state index contributed by atoms with van der Waals surface area (Å²) in [7, 11) is 0. The van der Waals surface area contributed by atoms with Gasteiger partial charge in [0.2, 0.25) is 5.95 Å². The van der Waals surface area contributed by atoms with E-state index >= 15 is 0 Å². The van der Waals surface area contributed by atoms with Crippen LogP contribution >= 0.6 is 0 Å². The highest BCUT2D eigenvalue weighted by molar-refractivity contribution is 5.64. The van der Waals surface area contributed by atoms with E-state index in [1.54, 1.807) is 12.4 Å². The molecule has 0 radical (unpaired) electrons. The summed E-state index contributed by atoms with van der Waals surface area (Å²) in [6.45, 7) is 6.98. The van der Waals surface area contributed by atoms with Gasteiger partial charge in [-0.3, -0.25) is 4.98 Å². The molecule has 0 amide bonds. The lowest BCUT2D eigenvalue weighted by atomic mass is 10.1. The molecule has 0 saturated heterocycles. The van der Waals surface area contributed by atoms with E-state index in [0.29, 0.717) is 12.5 Å². The molecule has 0 spiro atoms. The Morgan fingerprint density at radius 2 is 1.64 bits per heavy atom. The Kier molecular flexibility index (Phi) is 4.93. The maximum Gasteiger partial charge on any atom is 0.225 e. The number of hydrogen-bond acceptors (Lipinski definition) is 5. The lowest BCUT2D eigenvalue weighted by Crippen LogP contribution is -2.27. The van der Waals surface area contributed by atoms with Crippen molar-refractivity contribution in [1.29, 1.82) is 0 Å². The van der Waals surface area contributed by atoms with Gasteiger partial charge < -0.3 is 10.6 Å². The number of anilines is 2. The maximum absolute atomic E-state index is 4.65. The maximum atomic E-state index is 4.65. The molecule has 25 heavy (non-hydrogen) atoms. The Hall–Kier alpha value is -2.95. The number of pyridine rings is 1. The van der Waals surface area contributed by atoms with Crippen LogP contribution in [0.4, 0.5) is 11.8 Å². The second kappa shape index (κ2) is 7.30. The molecule has 0 saturated carbocycles. The first-order chi connectivity index (χ1) is 12.0. The predicted molar refractivity (Wildman–Crippen MR) is 102 cm³/mol. The number of hydrogen-bond donors (Lipinski definition) is 2. The summed E-state index contributed by atoms with van der Waals surface area (Å²) in [5, 5.41) is 6.74. The standard InChI is InChI=1S/C20H23N5/c1-20(2,3)25-19-23-17(16-9-11-21-12-10-16)13-18(24-19)22-14-15-7-5-4-6-8-15/h4-13H,14H2,1-3H3,(H2,22,23,24,25). The highest BCUT2D eigenvalue weighted by Crippen LogP contribution is 2.22. The minimum Gasteiger partial charge on any atom is -0.366 e. The fourth-order valence-electron chi connectivity index (χ4n) is 2.39. The molecule has 128 valence electrons. The zero-order chi connectivity index (χ0) is 17.7. The molecule has 2 heterocycles. The van der Waals surface area contributed by atoms with Crippen LogP contribution in [-0.4, -0.2) is 20.5 Å². The Morgan fingerprint density at radius 1 is 0.920 bits per heavy atom. The van der Waals surface area contributed by atoms with Crippen molar-refractivity contribution in [2.45, 2.75) is 32.9 Å². The number of nitrogens with zero attached hydrogens (tertiary/aromatic N) is 3. The molecule has 2 N–H and O–H groups in total. The van der Waals surface area contributed by atoms with Gasteiger partial charge in [0.15, 0.2) is 0 Å². The van der Waals surface area contributed by atoms with E-state index in [2.05, 4.69) is 58.5 Å². The second-order valence-corrected chi connectivity index (χ2v) is 6.91. The Balaban J connectivity index is 1.89. The minimum atomic E-state index is -0.117. The third-order valence-electron chi connectivity index (χ3n) is 3.51. The summed E-state index contributed by atoms with van der Waals surface area (Å²) in [5.41, 5.74) is 2.96. The minimum absolute atomic E-state index is 0.117. The molecule has 0 aliphatic rings. The van der Waals surface area contributed by atoms with Gasteiger partial charge in [-0.25, -0.2) is 4.98 Å². The molecule has 3 aromatic rings. The van der Waals surface area contributed by atoms with Crippen LogP contribution in [0.2, 0.25) is 0 Å². The van der Waals surface area contributed by atoms with Gasteiger partial charge in [0.25, 0.3) is 0 Å². The Labute approximate surface area is 148 Å². The predicted octanol–water partition coefficient (Wildman–Crippen LogP) is 4.36. The van der Waals surface area contributed by atoms with Crippen LogP contribution in [0.15, 0.2) is 60.9 Å². The van der Waals surface area contributed by atoms with E-state index in [1.807, 2.05) is 36.4 Å². The van der Waals surface area contributed by atoms with Crippen LogP contribution in [0, 0.1) is 0 Å². The van der Waals surface area contributed by atoms with Gasteiger partial charge in [0, 0.05) is 36.1 Å². The summed E-state index contributed by atoms with van der Waals surface area (Å²) in [6.07, 6.45) is 3.54. The average molecular weight is 333 g/mol. The first-order valence-corrected chi connectivity index (χ1v) is 8.35. The van der Waals surface area contributed by atoms with E-state index in [9.17, 15) is 0 Å². The fraction of sp³-hybridized carbons (Fsp3) is 0.250. The van der Waals surface area contributed by atoms with Crippen LogP contribution in [0.25, 0.3) is 11.3 Å². The molecule has 0 unspecified atom stereocenters. The van der Waals surface area contributed by atoms with Gasteiger partial charge in [-0.2, -0.15) is 4.98 Å². The number of rotatable bonds is 5. The topological polar surface area (TPSA) is 62.7 Å². The van der Waals surface area contributed by atoms with Gasteiger partial charge >= 0.3 is 0 Å². The van der Waals surface area contributed by atoms with E-state index < -0.39 is 0 Å². The SMILES string of the molecule is CC(C)(C)Nc1nc(NCc2ccccc2)cc(-c2ccncc2)n1. The quantitative estimate of drug-likeness (QED) is 0.726. The normalized spacial score (nSPS) is 11.2. The highest BCUT2D eigenvalue weighted by Gasteiger charge is 2.13. The molecule has 2 aromatic heterocycles. The molecule has 5 nitrogen and oxygen atoms in total. The van der Waals surface area contributed by atoms with Crippen LogP contribution in [0.1, 0.15) is 26.3 Å². The molecular formula is C20H23N5. The smallest absolute Gasteiger partial charge is 0.225 e. The molecule has 0 fully saturated rings. The summed E-state index contributed by atoms with van der Waals surface area (Å²) >= 11 is 0. The number of benzene rings is 1.